The van der Waals surface area contributed by atoms with E-state index in [1.54, 1.807) is 0 Å². The van der Waals surface area contributed by atoms with Gasteiger partial charge in [0.1, 0.15) is 0 Å². The Labute approximate surface area is 112 Å². The smallest absolute Gasteiger partial charge is 0.0543 e. The zero-order valence-electron chi connectivity index (χ0n) is 12.4. The minimum Gasteiger partial charge on any atom is -0.313 e. The zero-order valence-corrected chi connectivity index (χ0v) is 12.4. The monoisotopic (exact) mass is 249 g/mol. The Bertz CT molecular complexity index is 322. The maximum atomic E-state index is 4.39. The molecule has 0 aromatic carbocycles. The summed E-state index contributed by atoms with van der Waals surface area (Å²) < 4.78 is 0. The van der Waals surface area contributed by atoms with E-state index in [2.05, 4.69) is 56.0 Å². The lowest BCUT2D eigenvalue weighted by Gasteiger charge is -2.32. The molecule has 0 fully saturated rings. The SMILES string of the molecule is CC(C)NCC(C(C)C)N(C)Cc1ccccn1. The standard InChI is InChI=1S/C15H27N3/c1-12(2)15(10-17-13(3)4)18(5)11-14-8-6-7-9-16-14/h6-9,12-13,15,17H,10-11H2,1-5H3. The van der Waals surface area contributed by atoms with Crippen molar-refractivity contribution in [3.8, 4) is 0 Å². The summed E-state index contributed by atoms with van der Waals surface area (Å²) in [6.07, 6.45) is 1.86. The summed E-state index contributed by atoms with van der Waals surface area (Å²) in [6, 6.07) is 7.17. The van der Waals surface area contributed by atoms with Crippen LogP contribution in [0.5, 0.6) is 0 Å². The molecular weight excluding hydrogens is 222 g/mol. The van der Waals surface area contributed by atoms with E-state index in [0.717, 1.165) is 18.8 Å². The highest BCUT2D eigenvalue weighted by Crippen LogP contribution is 2.11. The molecule has 1 aromatic heterocycles. The van der Waals surface area contributed by atoms with Crippen LogP contribution in [-0.4, -0.2) is 35.6 Å². The molecule has 1 rings (SSSR count). The van der Waals surface area contributed by atoms with Crippen molar-refractivity contribution < 1.29 is 0 Å². The molecule has 0 aliphatic rings. The molecule has 0 aliphatic carbocycles. The molecule has 3 nitrogen and oxygen atoms in total. The van der Waals surface area contributed by atoms with Gasteiger partial charge in [0, 0.05) is 31.4 Å². The molecule has 18 heavy (non-hydrogen) atoms. The first kappa shape index (κ1) is 15.1. The van der Waals surface area contributed by atoms with Gasteiger partial charge in [-0.15, -0.1) is 0 Å². The normalized spacial score (nSPS) is 13.6. The fraction of sp³-hybridized carbons (Fsp3) is 0.667. The van der Waals surface area contributed by atoms with Crippen LogP contribution in [0.1, 0.15) is 33.4 Å². The van der Waals surface area contributed by atoms with Gasteiger partial charge < -0.3 is 5.32 Å². The maximum Gasteiger partial charge on any atom is 0.0543 e. The first-order chi connectivity index (χ1) is 8.50. The molecule has 0 radical (unpaired) electrons. The van der Waals surface area contributed by atoms with Crippen molar-refractivity contribution in [3.63, 3.8) is 0 Å². The van der Waals surface area contributed by atoms with Gasteiger partial charge in [0.15, 0.2) is 0 Å². The third-order valence-electron chi connectivity index (χ3n) is 3.21. The fourth-order valence-electron chi connectivity index (χ4n) is 2.12. The van der Waals surface area contributed by atoms with Crippen LogP contribution >= 0.6 is 0 Å². The lowest BCUT2D eigenvalue weighted by atomic mass is 10.0. The number of nitrogens with zero attached hydrogens (tertiary/aromatic N) is 2. The molecule has 0 spiro atoms. The number of nitrogens with one attached hydrogen (secondary N) is 1. The van der Waals surface area contributed by atoms with E-state index in [-0.39, 0.29) is 0 Å². The highest BCUT2D eigenvalue weighted by Gasteiger charge is 2.19. The van der Waals surface area contributed by atoms with Crippen molar-refractivity contribution in [2.75, 3.05) is 13.6 Å². The average Bonchev–Trinajstić information content (AvgIpc) is 2.29. The summed E-state index contributed by atoms with van der Waals surface area (Å²) in [5.41, 5.74) is 1.13. The summed E-state index contributed by atoms with van der Waals surface area (Å²) in [5, 5.41) is 3.53. The molecular formula is C15H27N3. The second kappa shape index (κ2) is 7.49. The predicted molar refractivity (Wildman–Crippen MR) is 77.5 cm³/mol. The molecule has 1 atom stereocenters. The lowest BCUT2D eigenvalue weighted by Crippen LogP contribution is -2.44. The first-order valence-electron chi connectivity index (χ1n) is 6.84. The minimum atomic E-state index is 0.536. The Morgan fingerprint density at radius 2 is 1.94 bits per heavy atom. The van der Waals surface area contributed by atoms with E-state index in [0.29, 0.717) is 18.0 Å². The molecule has 1 heterocycles. The Morgan fingerprint density at radius 1 is 1.22 bits per heavy atom. The zero-order chi connectivity index (χ0) is 13.5. The molecule has 0 aliphatic heterocycles. The van der Waals surface area contributed by atoms with Gasteiger partial charge >= 0.3 is 0 Å². The summed E-state index contributed by atoms with van der Waals surface area (Å²) in [6.45, 7) is 10.9. The molecule has 0 saturated carbocycles. The molecule has 1 N–H and O–H groups in total. The molecule has 1 unspecified atom stereocenters. The van der Waals surface area contributed by atoms with Gasteiger partial charge in [0.05, 0.1) is 5.69 Å². The number of rotatable bonds is 7. The first-order valence-corrected chi connectivity index (χ1v) is 6.84. The molecule has 0 saturated heterocycles. The van der Waals surface area contributed by atoms with Gasteiger partial charge in [0.25, 0.3) is 0 Å². The van der Waals surface area contributed by atoms with E-state index in [1.807, 2.05) is 18.3 Å². The third-order valence-corrected chi connectivity index (χ3v) is 3.21. The van der Waals surface area contributed by atoms with Crippen LogP contribution in [0.3, 0.4) is 0 Å². The molecule has 0 amide bonds. The highest BCUT2D eigenvalue weighted by molar-refractivity contribution is 5.03. The van der Waals surface area contributed by atoms with Crippen molar-refractivity contribution in [2.45, 2.75) is 46.3 Å². The molecule has 0 bridgehead atoms. The van der Waals surface area contributed by atoms with Gasteiger partial charge in [0.2, 0.25) is 0 Å². The second-order valence-corrected chi connectivity index (χ2v) is 5.61. The van der Waals surface area contributed by atoms with Gasteiger partial charge in [-0.2, -0.15) is 0 Å². The number of hydrogen-bond donors (Lipinski definition) is 1. The van der Waals surface area contributed by atoms with Gasteiger partial charge in [-0.3, -0.25) is 9.88 Å². The highest BCUT2D eigenvalue weighted by atomic mass is 15.2. The maximum absolute atomic E-state index is 4.39. The second-order valence-electron chi connectivity index (χ2n) is 5.61. The third kappa shape index (κ3) is 5.15. The number of hydrogen-bond acceptors (Lipinski definition) is 3. The van der Waals surface area contributed by atoms with E-state index in [1.165, 1.54) is 0 Å². The van der Waals surface area contributed by atoms with Crippen LogP contribution in [0.25, 0.3) is 0 Å². The van der Waals surface area contributed by atoms with Gasteiger partial charge in [-0.05, 0) is 25.1 Å². The Hall–Kier alpha value is -0.930. The number of aromatic nitrogens is 1. The van der Waals surface area contributed by atoms with Crippen LogP contribution in [0.4, 0.5) is 0 Å². The van der Waals surface area contributed by atoms with E-state index in [4.69, 9.17) is 0 Å². The Balaban J connectivity index is 2.57. The van der Waals surface area contributed by atoms with Crippen LogP contribution < -0.4 is 5.32 Å². The number of likely N-dealkylation sites (N-methyl/N-ethyl adjacent to an activating group) is 1. The van der Waals surface area contributed by atoms with Crippen LogP contribution in [0, 0.1) is 5.92 Å². The summed E-state index contributed by atoms with van der Waals surface area (Å²) in [4.78, 5) is 6.78. The molecule has 102 valence electrons. The minimum absolute atomic E-state index is 0.536. The topological polar surface area (TPSA) is 28.2 Å². The molecule has 1 aromatic rings. The summed E-state index contributed by atoms with van der Waals surface area (Å²) in [7, 11) is 2.18. The van der Waals surface area contributed by atoms with Gasteiger partial charge in [-0.1, -0.05) is 33.8 Å². The van der Waals surface area contributed by atoms with Crippen molar-refractivity contribution in [1.82, 2.24) is 15.2 Å². The Kier molecular flexibility index (Phi) is 6.30. The van der Waals surface area contributed by atoms with Crippen LogP contribution in [0.15, 0.2) is 24.4 Å². The van der Waals surface area contributed by atoms with Crippen LogP contribution in [0.2, 0.25) is 0 Å². The van der Waals surface area contributed by atoms with E-state index < -0.39 is 0 Å². The van der Waals surface area contributed by atoms with Crippen molar-refractivity contribution in [2.24, 2.45) is 5.92 Å². The van der Waals surface area contributed by atoms with Crippen LogP contribution in [-0.2, 0) is 6.54 Å². The summed E-state index contributed by atoms with van der Waals surface area (Å²) in [5.74, 6) is 0.630. The quantitative estimate of drug-likeness (QED) is 0.805. The summed E-state index contributed by atoms with van der Waals surface area (Å²) >= 11 is 0. The average molecular weight is 249 g/mol. The Morgan fingerprint density at radius 3 is 2.44 bits per heavy atom. The lowest BCUT2D eigenvalue weighted by molar-refractivity contribution is 0.175. The fourth-order valence-corrected chi connectivity index (χ4v) is 2.12. The van der Waals surface area contributed by atoms with Crippen molar-refractivity contribution in [1.29, 1.82) is 0 Å². The van der Waals surface area contributed by atoms with E-state index >= 15 is 0 Å². The van der Waals surface area contributed by atoms with E-state index in [9.17, 15) is 0 Å². The van der Waals surface area contributed by atoms with Crippen molar-refractivity contribution in [3.05, 3.63) is 30.1 Å². The molecule has 3 heteroatoms. The largest absolute Gasteiger partial charge is 0.313 e. The van der Waals surface area contributed by atoms with Crippen molar-refractivity contribution >= 4 is 0 Å². The number of pyridine rings is 1. The predicted octanol–water partition coefficient (Wildman–Crippen LogP) is 2.54. The van der Waals surface area contributed by atoms with Gasteiger partial charge in [-0.25, -0.2) is 0 Å².